The Balaban J connectivity index is 1.90. The molecule has 98 valence electrons. The Labute approximate surface area is 117 Å². The number of aliphatic hydroxyl groups excluding tert-OH is 1. The fourth-order valence-corrected chi connectivity index (χ4v) is 2.74. The number of halogens is 1. The summed E-state index contributed by atoms with van der Waals surface area (Å²) in [4.78, 5) is 0. The molecule has 3 rings (SSSR count). The largest absolute Gasteiger partial charge is 0.493 e. The third kappa shape index (κ3) is 2.60. The zero-order chi connectivity index (χ0) is 13.2. The van der Waals surface area contributed by atoms with Gasteiger partial charge in [0.25, 0.3) is 0 Å². The molecular weight excluding hydrogens is 260 g/mol. The number of benzene rings is 2. The summed E-state index contributed by atoms with van der Waals surface area (Å²) in [6.07, 6.45) is 0.839. The summed E-state index contributed by atoms with van der Waals surface area (Å²) < 4.78 is 5.62. The molecule has 1 N–H and O–H groups in total. The summed E-state index contributed by atoms with van der Waals surface area (Å²) in [5.74, 6) is 0.813. The Kier molecular flexibility index (Phi) is 3.45. The van der Waals surface area contributed by atoms with E-state index >= 15 is 0 Å². The van der Waals surface area contributed by atoms with Crippen LogP contribution in [0, 0.1) is 0 Å². The minimum absolute atomic E-state index is 0.566. The third-order valence-corrected chi connectivity index (χ3v) is 3.63. The van der Waals surface area contributed by atoms with Crippen LogP contribution in [0.25, 0.3) is 0 Å². The van der Waals surface area contributed by atoms with E-state index in [-0.39, 0.29) is 0 Å². The Hall–Kier alpha value is -1.51. The number of ether oxygens (including phenoxy) is 1. The predicted molar refractivity (Wildman–Crippen MR) is 75.8 cm³/mol. The average molecular weight is 275 g/mol. The lowest BCUT2D eigenvalue weighted by molar-refractivity contribution is 0.173. The summed E-state index contributed by atoms with van der Waals surface area (Å²) in [6.45, 7) is 0.667. The highest BCUT2D eigenvalue weighted by Gasteiger charge is 2.22. The van der Waals surface area contributed by atoms with Crippen LogP contribution in [0.15, 0.2) is 42.5 Å². The van der Waals surface area contributed by atoms with Crippen LogP contribution in [0.5, 0.6) is 5.75 Å². The van der Waals surface area contributed by atoms with Crippen LogP contribution in [-0.4, -0.2) is 11.7 Å². The second kappa shape index (κ2) is 5.24. The lowest BCUT2D eigenvalue weighted by atomic mass is 9.98. The summed E-state index contributed by atoms with van der Waals surface area (Å²) in [6, 6.07) is 13.7. The van der Waals surface area contributed by atoms with Gasteiger partial charge in [0.15, 0.2) is 0 Å². The summed E-state index contributed by atoms with van der Waals surface area (Å²) >= 11 is 6.11. The van der Waals surface area contributed by atoms with Gasteiger partial charge < -0.3 is 9.84 Å². The maximum Gasteiger partial charge on any atom is 0.128 e. The molecule has 0 saturated carbocycles. The normalized spacial score (nSPS) is 14.8. The van der Waals surface area contributed by atoms with Crippen LogP contribution in [-0.2, 0) is 12.8 Å². The van der Waals surface area contributed by atoms with Crippen LogP contribution < -0.4 is 4.74 Å². The van der Waals surface area contributed by atoms with Crippen molar-refractivity contribution in [3.8, 4) is 5.75 Å². The third-order valence-electron chi connectivity index (χ3n) is 3.41. The van der Waals surface area contributed by atoms with Crippen LogP contribution >= 0.6 is 11.6 Å². The van der Waals surface area contributed by atoms with Gasteiger partial charge in [0.2, 0.25) is 0 Å². The molecule has 1 aliphatic rings. The molecule has 2 nitrogen and oxygen atoms in total. The molecule has 0 amide bonds. The SMILES string of the molecule is OC(Cc1ccccc1)c1cc(Cl)cc2c1OCC2. The van der Waals surface area contributed by atoms with E-state index in [9.17, 15) is 5.11 Å². The molecule has 1 unspecified atom stereocenters. The Morgan fingerprint density at radius 1 is 1.21 bits per heavy atom. The van der Waals surface area contributed by atoms with Gasteiger partial charge in [-0.2, -0.15) is 0 Å². The van der Waals surface area contributed by atoms with Crippen molar-refractivity contribution in [3.05, 3.63) is 64.2 Å². The van der Waals surface area contributed by atoms with Gasteiger partial charge in [-0.25, -0.2) is 0 Å². The average Bonchev–Trinajstić information content (AvgIpc) is 2.86. The highest BCUT2D eigenvalue weighted by molar-refractivity contribution is 6.30. The number of hydrogen-bond acceptors (Lipinski definition) is 2. The molecule has 1 atom stereocenters. The first-order valence-electron chi connectivity index (χ1n) is 6.41. The molecule has 1 aliphatic heterocycles. The van der Waals surface area contributed by atoms with Crippen molar-refractivity contribution in [2.45, 2.75) is 18.9 Å². The smallest absolute Gasteiger partial charge is 0.128 e. The van der Waals surface area contributed by atoms with Gasteiger partial charge >= 0.3 is 0 Å². The van der Waals surface area contributed by atoms with Crippen molar-refractivity contribution in [2.24, 2.45) is 0 Å². The van der Waals surface area contributed by atoms with Crippen LogP contribution in [0.2, 0.25) is 5.02 Å². The molecule has 2 aromatic rings. The molecule has 0 spiro atoms. The zero-order valence-corrected chi connectivity index (χ0v) is 11.2. The summed E-state index contributed by atoms with van der Waals surface area (Å²) in [7, 11) is 0. The highest BCUT2D eigenvalue weighted by Crippen LogP contribution is 2.37. The molecular formula is C16H15ClO2. The lowest BCUT2D eigenvalue weighted by Crippen LogP contribution is -2.04. The minimum atomic E-state index is -0.590. The highest BCUT2D eigenvalue weighted by atomic mass is 35.5. The van der Waals surface area contributed by atoms with Gasteiger partial charge in [-0.1, -0.05) is 41.9 Å². The molecule has 1 heterocycles. The van der Waals surface area contributed by atoms with Crippen molar-refractivity contribution in [1.82, 2.24) is 0 Å². The van der Waals surface area contributed by atoms with E-state index in [0.29, 0.717) is 18.1 Å². The first-order valence-corrected chi connectivity index (χ1v) is 6.79. The monoisotopic (exact) mass is 274 g/mol. The van der Waals surface area contributed by atoms with Gasteiger partial charge in [-0.05, 0) is 23.3 Å². The first-order chi connectivity index (χ1) is 9.24. The van der Waals surface area contributed by atoms with Crippen molar-refractivity contribution < 1.29 is 9.84 Å². The summed E-state index contributed by atoms with van der Waals surface area (Å²) in [5.41, 5.74) is 2.99. The predicted octanol–water partition coefficient (Wildman–Crippen LogP) is 3.55. The standard InChI is InChI=1S/C16H15ClO2/c17-13-9-12-6-7-19-16(12)14(10-13)15(18)8-11-4-2-1-3-5-11/h1-5,9-10,15,18H,6-8H2. The second-order valence-electron chi connectivity index (χ2n) is 4.79. The van der Waals surface area contributed by atoms with Crippen molar-refractivity contribution in [2.75, 3.05) is 6.61 Å². The fourth-order valence-electron chi connectivity index (χ4n) is 2.49. The molecule has 0 saturated heterocycles. The molecule has 3 heteroatoms. The van der Waals surface area contributed by atoms with Gasteiger partial charge in [-0.3, -0.25) is 0 Å². The van der Waals surface area contributed by atoms with E-state index in [1.807, 2.05) is 36.4 Å². The molecule has 0 fully saturated rings. The zero-order valence-electron chi connectivity index (χ0n) is 10.5. The van der Waals surface area contributed by atoms with E-state index in [2.05, 4.69) is 0 Å². The Morgan fingerprint density at radius 3 is 2.79 bits per heavy atom. The maximum absolute atomic E-state index is 10.4. The topological polar surface area (TPSA) is 29.5 Å². The Bertz CT molecular complexity index is 581. The second-order valence-corrected chi connectivity index (χ2v) is 5.22. The van der Waals surface area contributed by atoms with E-state index in [4.69, 9.17) is 16.3 Å². The number of hydrogen-bond donors (Lipinski definition) is 1. The van der Waals surface area contributed by atoms with Crippen LogP contribution in [0.3, 0.4) is 0 Å². The Morgan fingerprint density at radius 2 is 2.00 bits per heavy atom. The quantitative estimate of drug-likeness (QED) is 0.927. The van der Waals surface area contributed by atoms with E-state index in [1.165, 1.54) is 0 Å². The van der Waals surface area contributed by atoms with Gasteiger partial charge in [0, 0.05) is 23.4 Å². The van der Waals surface area contributed by atoms with Crippen LogP contribution in [0.1, 0.15) is 22.8 Å². The minimum Gasteiger partial charge on any atom is -0.493 e. The number of rotatable bonds is 3. The van der Waals surface area contributed by atoms with E-state index in [0.717, 1.165) is 28.9 Å². The maximum atomic E-state index is 10.4. The van der Waals surface area contributed by atoms with Gasteiger partial charge in [-0.15, -0.1) is 0 Å². The van der Waals surface area contributed by atoms with E-state index < -0.39 is 6.10 Å². The molecule has 0 bridgehead atoms. The van der Waals surface area contributed by atoms with Crippen molar-refractivity contribution in [1.29, 1.82) is 0 Å². The first kappa shape index (κ1) is 12.5. The lowest BCUT2D eigenvalue weighted by Gasteiger charge is -2.15. The fraction of sp³-hybridized carbons (Fsp3) is 0.250. The van der Waals surface area contributed by atoms with Gasteiger partial charge in [0.1, 0.15) is 5.75 Å². The molecule has 0 radical (unpaired) electrons. The number of aliphatic hydroxyl groups is 1. The van der Waals surface area contributed by atoms with E-state index in [1.54, 1.807) is 6.07 Å². The summed E-state index contributed by atoms with van der Waals surface area (Å²) in [5, 5.41) is 11.1. The molecule has 0 aliphatic carbocycles. The molecule has 2 aromatic carbocycles. The van der Waals surface area contributed by atoms with Crippen molar-refractivity contribution in [3.63, 3.8) is 0 Å². The molecule has 0 aromatic heterocycles. The number of fused-ring (bicyclic) bond motifs is 1. The van der Waals surface area contributed by atoms with Crippen molar-refractivity contribution >= 4 is 11.6 Å². The van der Waals surface area contributed by atoms with Crippen LogP contribution in [0.4, 0.5) is 0 Å². The molecule has 19 heavy (non-hydrogen) atoms. The van der Waals surface area contributed by atoms with Gasteiger partial charge in [0.05, 0.1) is 12.7 Å².